The molecule has 42 heavy (non-hydrogen) atoms. The van der Waals surface area contributed by atoms with Gasteiger partial charge < -0.3 is 4.57 Å². The highest BCUT2D eigenvalue weighted by Gasteiger charge is 2.36. The van der Waals surface area contributed by atoms with Crippen molar-refractivity contribution in [2.45, 2.75) is 38.8 Å². The zero-order valence-corrected chi connectivity index (χ0v) is 24.9. The van der Waals surface area contributed by atoms with Crippen LogP contribution in [0, 0.1) is 0 Å². The normalized spacial score (nSPS) is 14.4. The van der Waals surface area contributed by atoms with Crippen LogP contribution in [0.3, 0.4) is 0 Å². The highest BCUT2D eigenvalue weighted by molar-refractivity contribution is 8.05. The van der Waals surface area contributed by atoms with E-state index >= 15 is 0 Å². The smallest absolute Gasteiger partial charge is 0.0703 e. The second kappa shape index (κ2) is 8.87. The lowest BCUT2D eigenvalue weighted by Crippen LogP contribution is -2.15. The molecule has 2 aliphatic rings. The molecule has 0 N–H and O–H groups in total. The topological polar surface area (TPSA) is 17.8 Å². The standard InChI is InChI=1S/C38H26N2S2/c1-38(2)29-13-7-6-12-25(29)27-20-28-26-17-19-35-37(42-34-15-9-8-14-33(34)41-35)36(26)40(32(28)21-30(27)38)24-16-18-31(39-22-24)23-10-4-3-5-11-23/h3-22H,1-2H3. The van der Waals surface area contributed by atoms with E-state index in [0.29, 0.717) is 0 Å². The van der Waals surface area contributed by atoms with Crippen LogP contribution >= 0.6 is 23.5 Å². The Morgan fingerprint density at radius 3 is 2.19 bits per heavy atom. The van der Waals surface area contributed by atoms with Crippen molar-refractivity contribution in [2.24, 2.45) is 0 Å². The largest absolute Gasteiger partial charge is 0.306 e. The van der Waals surface area contributed by atoms with Crippen molar-refractivity contribution in [1.82, 2.24) is 9.55 Å². The van der Waals surface area contributed by atoms with Crippen LogP contribution in [0.1, 0.15) is 25.0 Å². The van der Waals surface area contributed by atoms with E-state index in [1.54, 1.807) is 0 Å². The fourth-order valence-electron chi connectivity index (χ4n) is 6.84. The third-order valence-corrected chi connectivity index (χ3v) is 11.5. The fraction of sp³-hybridized carbons (Fsp3) is 0.0789. The molecule has 3 heterocycles. The third kappa shape index (κ3) is 3.40. The third-order valence-electron chi connectivity index (χ3n) is 8.91. The van der Waals surface area contributed by atoms with Crippen LogP contribution in [0.25, 0.3) is 49.9 Å². The van der Waals surface area contributed by atoms with Gasteiger partial charge in [0.25, 0.3) is 0 Å². The van der Waals surface area contributed by atoms with Gasteiger partial charge in [0.15, 0.2) is 0 Å². The summed E-state index contributed by atoms with van der Waals surface area (Å²) in [5.41, 5.74) is 11.1. The Hall–Kier alpha value is -4.25. The number of fused-ring (bicyclic) bond motifs is 9. The number of pyridine rings is 1. The molecule has 9 rings (SSSR count). The zero-order chi connectivity index (χ0) is 28.0. The summed E-state index contributed by atoms with van der Waals surface area (Å²) in [7, 11) is 0. The first-order valence-electron chi connectivity index (χ1n) is 14.3. The molecule has 0 unspecified atom stereocenters. The van der Waals surface area contributed by atoms with Crippen molar-refractivity contribution in [3.05, 3.63) is 133 Å². The summed E-state index contributed by atoms with van der Waals surface area (Å²) in [5.74, 6) is 0. The predicted octanol–water partition coefficient (Wildman–Crippen LogP) is 10.8. The van der Waals surface area contributed by atoms with Crippen LogP contribution in [-0.2, 0) is 5.41 Å². The van der Waals surface area contributed by atoms with Crippen molar-refractivity contribution in [2.75, 3.05) is 0 Å². The van der Waals surface area contributed by atoms with E-state index in [1.807, 2.05) is 35.8 Å². The van der Waals surface area contributed by atoms with E-state index in [1.165, 1.54) is 63.6 Å². The van der Waals surface area contributed by atoms with E-state index in [4.69, 9.17) is 4.98 Å². The number of benzene rings is 5. The minimum atomic E-state index is -0.0697. The highest BCUT2D eigenvalue weighted by atomic mass is 32.2. The van der Waals surface area contributed by atoms with Crippen molar-refractivity contribution >= 4 is 45.3 Å². The van der Waals surface area contributed by atoms with Gasteiger partial charge in [-0.3, -0.25) is 4.98 Å². The molecule has 2 nitrogen and oxygen atoms in total. The summed E-state index contributed by atoms with van der Waals surface area (Å²) < 4.78 is 2.46. The molecule has 0 saturated heterocycles. The van der Waals surface area contributed by atoms with Crippen LogP contribution in [-0.4, -0.2) is 9.55 Å². The SMILES string of the molecule is CC1(C)c2ccccc2-c2cc3c4ccc5c(c4n(-c4ccc(-c6ccccc6)nc4)c3cc21)Sc1ccccc1S5. The molecule has 0 radical (unpaired) electrons. The van der Waals surface area contributed by atoms with Crippen molar-refractivity contribution < 1.29 is 0 Å². The maximum absolute atomic E-state index is 4.97. The van der Waals surface area contributed by atoms with E-state index in [0.717, 1.165) is 16.9 Å². The average Bonchev–Trinajstić information content (AvgIpc) is 3.48. The summed E-state index contributed by atoms with van der Waals surface area (Å²) in [6.45, 7) is 4.72. The number of hydrogen-bond donors (Lipinski definition) is 0. The Morgan fingerprint density at radius 2 is 1.38 bits per heavy atom. The van der Waals surface area contributed by atoms with Gasteiger partial charge in [-0.1, -0.05) is 110 Å². The fourth-order valence-corrected chi connectivity index (χ4v) is 9.22. The first-order chi connectivity index (χ1) is 20.6. The second-order valence-corrected chi connectivity index (χ2v) is 13.8. The van der Waals surface area contributed by atoms with Gasteiger partial charge in [-0.05, 0) is 64.7 Å². The van der Waals surface area contributed by atoms with Crippen LogP contribution in [0.2, 0.25) is 0 Å². The lowest BCUT2D eigenvalue weighted by Gasteiger charge is -2.22. The zero-order valence-electron chi connectivity index (χ0n) is 23.3. The Balaban J connectivity index is 1.35. The second-order valence-electron chi connectivity index (χ2n) is 11.6. The molecule has 4 heteroatoms. The van der Waals surface area contributed by atoms with Gasteiger partial charge in [0.2, 0.25) is 0 Å². The molecule has 0 saturated carbocycles. The lowest BCUT2D eigenvalue weighted by molar-refractivity contribution is 0.661. The molecular weight excluding hydrogens is 549 g/mol. The molecule has 1 aliphatic heterocycles. The van der Waals surface area contributed by atoms with Gasteiger partial charge in [0.05, 0.1) is 33.5 Å². The molecule has 2 aromatic heterocycles. The van der Waals surface area contributed by atoms with Gasteiger partial charge in [-0.25, -0.2) is 0 Å². The van der Waals surface area contributed by atoms with E-state index in [9.17, 15) is 0 Å². The summed E-state index contributed by atoms with van der Waals surface area (Å²) in [5, 5.41) is 2.57. The minimum absolute atomic E-state index is 0.0697. The molecule has 0 bridgehead atoms. The Morgan fingerprint density at radius 1 is 0.619 bits per heavy atom. The molecule has 1 aliphatic carbocycles. The molecule has 7 aromatic rings. The van der Waals surface area contributed by atoms with Crippen molar-refractivity contribution in [1.29, 1.82) is 0 Å². The van der Waals surface area contributed by atoms with Crippen molar-refractivity contribution in [3.63, 3.8) is 0 Å². The van der Waals surface area contributed by atoms with Crippen LogP contribution < -0.4 is 0 Å². The maximum Gasteiger partial charge on any atom is 0.0703 e. The number of nitrogens with zero attached hydrogens (tertiary/aromatic N) is 2. The molecule has 0 fully saturated rings. The van der Waals surface area contributed by atoms with E-state index in [-0.39, 0.29) is 5.41 Å². The van der Waals surface area contributed by atoms with Gasteiger partial charge in [-0.2, -0.15) is 0 Å². The van der Waals surface area contributed by atoms with Crippen LogP contribution in [0.15, 0.2) is 141 Å². The minimum Gasteiger partial charge on any atom is -0.306 e. The summed E-state index contributed by atoms with van der Waals surface area (Å²) >= 11 is 3.76. The first-order valence-corrected chi connectivity index (χ1v) is 15.9. The summed E-state index contributed by atoms with van der Waals surface area (Å²) in [6.07, 6.45) is 2.04. The summed E-state index contributed by atoms with van der Waals surface area (Å²) in [6, 6.07) is 42.0. The maximum atomic E-state index is 4.97. The van der Waals surface area contributed by atoms with Gasteiger partial charge >= 0.3 is 0 Å². The average molecular weight is 575 g/mol. The quantitative estimate of drug-likeness (QED) is 0.204. The van der Waals surface area contributed by atoms with Gasteiger partial charge in [-0.15, -0.1) is 0 Å². The van der Waals surface area contributed by atoms with E-state index < -0.39 is 0 Å². The van der Waals surface area contributed by atoms with Crippen LogP contribution in [0.5, 0.6) is 0 Å². The molecule has 200 valence electrons. The molecule has 0 amide bonds. The predicted molar refractivity (Wildman–Crippen MR) is 176 cm³/mol. The number of hydrogen-bond acceptors (Lipinski definition) is 3. The van der Waals surface area contributed by atoms with Crippen LogP contribution in [0.4, 0.5) is 0 Å². The molecule has 0 spiro atoms. The number of aromatic nitrogens is 2. The Kier molecular flexibility index (Phi) is 5.15. The van der Waals surface area contributed by atoms with Gasteiger partial charge in [0, 0.05) is 36.4 Å². The molecule has 5 aromatic carbocycles. The Labute approximate surface area is 253 Å². The molecular formula is C38H26N2S2. The van der Waals surface area contributed by atoms with E-state index in [2.05, 4.69) is 128 Å². The van der Waals surface area contributed by atoms with Gasteiger partial charge in [0.1, 0.15) is 0 Å². The summed E-state index contributed by atoms with van der Waals surface area (Å²) in [4.78, 5) is 10.2. The lowest BCUT2D eigenvalue weighted by atomic mass is 9.82. The molecule has 0 atom stereocenters. The van der Waals surface area contributed by atoms with Crippen molar-refractivity contribution in [3.8, 4) is 28.1 Å². The number of rotatable bonds is 2. The monoisotopic (exact) mass is 574 g/mol. The first kappa shape index (κ1) is 24.4. The Bertz CT molecular complexity index is 2210. The highest BCUT2D eigenvalue weighted by Crippen LogP contribution is 2.55.